The maximum atomic E-state index is 12.3. The number of carbonyl (C=O) groups excluding carboxylic acids is 2. The van der Waals surface area contributed by atoms with Gasteiger partial charge in [0.15, 0.2) is 0 Å². The fraction of sp³-hybridized carbons (Fsp3) is 0.667. The Hall–Kier alpha value is -1.71. The second-order valence-electron chi connectivity index (χ2n) is 6.30. The number of nitrogens with one attached hydrogen (secondary N) is 1. The third-order valence-corrected chi connectivity index (χ3v) is 5.66. The zero-order chi connectivity index (χ0) is 18.2. The molecular formula is C15H19F3N4O2S. The summed E-state index contributed by atoms with van der Waals surface area (Å²) in [5.74, 6) is -1.19. The number of aromatic nitrogens is 2. The van der Waals surface area contributed by atoms with Gasteiger partial charge in [-0.15, -0.1) is 0 Å². The van der Waals surface area contributed by atoms with E-state index in [9.17, 15) is 22.8 Å². The van der Waals surface area contributed by atoms with Crippen LogP contribution >= 0.6 is 11.8 Å². The van der Waals surface area contributed by atoms with Crippen molar-refractivity contribution < 1.29 is 22.8 Å². The smallest absolute Gasteiger partial charge is 0.348 e. The second-order valence-corrected chi connectivity index (χ2v) is 7.34. The molecule has 3 heterocycles. The molecule has 2 amide bonds. The SMILES string of the molecule is CC(=O)N1CCc2[nH]cnc2C12CCN(C(=O)CSC(F)(F)F)CC2. The van der Waals surface area contributed by atoms with Crippen LogP contribution in [-0.2, 0) is 21.5 Å². The first-order valence-corrected chi connectivity index (χ1v) is 9.01. The first-order chi connectivity index (χ1) is 11.7. The third-order valence-electron chi connectivity index (χ3n) is 4.94. The summed E-state index contributed by atoms with van der Waals surface area (Å²) in [6.07, 6.45) is 3.26. The Morgan fingerprint density at radius 2 is 2.00 bits per heavy atom. The summed E-state index contributed by atoms with van der Waals surface area (Å²) in [5, 5.41) is 0. The van der Waals surface area contributed by atoms with Gasteiger partial charge in [-0.1, -0.05) is 0 Å². The van der Waals surface area contributed by atoms with E-state index < -0.39 is 22.7 Å². The van der Waals surface area contributed by atoms with Crippen molar-refractivity contribution in [2.75, 3.05) is 25.4 Å². The number of hydrogen-bond acceptors (Lipinski definition) is 4. The maximum absolute atomic E-state index is 12.3. The minimum atomic E-state index is -4.41. The van der Waals surface area contributed by atoms with Crippen molar-refractivity contribution in [2.45, 2.75) is 37.2 Å². The van der Waals surface area contributed by atoms with Crippen molar-refractivity contribution in [3.05, 3.63) is 17.7 Å². The molecule has 25 heavy (non-hydrogen) atoms. The van der Waals surface area contributed by atoms with Crippen molar-refractivity contribution in [1.82, 2.24) is 19.8 Å². The number of H-pyrrole nitrogens is 1. The molecule has 0 radical (unpaired) electrons. The molecule has 1 saturated heterocycles. The summed E-state index contributed by atoms with van der Waals surface area (Å²) in [7, 11) is 0. The average molecular weight is 376 g/mol. The second kappa shape index (κ2) is 6.54. The summed E-state index contributed by atoms with van der Waals surface area (Å²) in [5.41, 5.74) is -3.17. The van der Waals surface area contributed by atoms with Crippen molar-refractivity contribution >= 4 is 23.6 Å². The molecule has 0 saturated carbocycles. The first-order valence-electron chi connectivity index (χ1n) is 8.02. The summed E-state index contributed by atoms with van der Waals surface area (Å²) in [4.78, 5) is 34.9. The largest absolute Gasteiger partial charge is 0.442 e. The summed E-state index contributed by atoms with van der Waals surface area (Å²) in [6, 6.07) is 0. The first kappa shape index (κ1) is 18.1. The van der Waals surface area contributed by atoms with E-state index >= 15 is 0 Å². The van der Waals surface area contributed by atoms with Crippen LogP contribution in [-0.4, -0.2) is 62.5 Å². The fourth-order valence-electron chi connectivity index (χ4n) is 3.80. The number of imidazole rings is 1. The number of fused-ring (bicyclic) bond motifs is 2. The summed E-state index contributed by atoms with van der Waals surface area (Å²) >= 11 is -0.315. The fourth-order valence-corrected chi connectivity index (χ4v) is 4.27. The molecule has 0 atom stereocenters. The minimum absolute atomic E-state index is 0.0546. The van der Waals surface area contributed by atoms with Gasteiger partial charge in [0.25, 0.3) is 0 Å². The van der Waals surface area contributed by atoms with Crippen LogP contribution in [0.25, 0.3) is 0 Å². The highest BCUT2D eigenvalue weighted by molar-refractivity contribution is 8.00. The Bertz CT molecular complexity index is 668. The Labute approximate surface area is 147 Å². The highest BCUT2D eigenvalue weighted by Gasteiger charge is 2.48. The topological polar surface area (TPSA) is 69.3 Å². The Morgan fingerprint density at radius 3 is 2.60 bits per heavy atom. The van der Waals surface area contributed by atoms with Crippen LogP contribution in [0, 0.1) is 0 Å². The van der Waals surface area contributed by atoms with E-state index in [1.54, 1.807) is 11.2 Å². The summed E-state index contributed by atoms with van der Waals surface area (Å²) < 4.78 is 36.8. The standard InChI is InChI=1S/C15H19F3N4O2S/c1-10(23)22-5-2-11-13(20-9-19-11)14(22)3-6-21(7-4-14)12(24)8-25-15(16,17)18/h9H,2-8H2,1H3,(H,19,20). The highest BCUT2D eigenvalue weighted by atomic mass is 32.2. The van der Waals surface area contributed by atoms with Crippen LogP contribution in [0.2, 0.25) is 0 Å². The van der Waals surface area contributed by atoms with Gasteiger partial charge in [0.1, 0.15) is 0 Å². The van der Waals surface area contributed by atoms with E-state index in [1.807, 2.05) is 0 Å². The van der Waals surface area contributed by atoms with E-state index in [-0.39, 0.29) is 17.7 Å². The molecule has 1 aromatic heterocycles. The zero-order valence-electron chi connectivity index (χ0n) is 13.7. The number of piperidine rings is 1. The predicted octanol–water partition coefficient (Wildman–Crippen LogP) is 1.89. The summed E-state index contributed by atoms with van der Waals surface area (Å²) in [6.45, 7) is 2.71. The Morgan fingerprint density at radius 1 is 1.32 bits per heavy atom. The lowest BCUT2D eigenvalue weighted by Crippen LogP contribution is -2.58. The number of alkyl halides is 3. The number of thioether (sulfide) groups is 1. The van der Waals surface area contributed by atoms with Gasteiger partial charge in [0, 0.05) is 38.7 Å². The van der Waals surface area contributed by atoms with Crippen molar-refractivity contribution in [3.63, 3.8) is 0 Å². The molecular weight excluding hydrogens is 357 g/mol. The van der Waals surface area contributed by atoms with Crippen LogP contribution in [0.1, 0.15) is 31.2 Å². The van der Waals surface area contributed by atoms with Crippen LogP contribution < -0.4 is 0 Å². The van der Waals surface area contributed by atoms with Gasteiger partial charge in [0.2, 0.25) is 11.8 Å². The number of rotatable bonds is 2. The lowest BCUT2D eigenvalue weighted by atomic mass is 9.78. The van der Waals surface area contributed by atoms with E-state index in [1.165, 1.54) is 11.8 Å². The van der Waals surface area contributed by atoms with E-state index in [2.05, 4.69) is 9.97 Å². The number of amides is 2. The van der Waals surface area contributed by atoms with Crippen LogP contribution in [0.15, 0.2) is 6.33 Å². The molecule has 0 bridgehead atoms. The van der Waals surface area contributed by atoms with Gasteiger partial charge >= 0.3 is 5.51 Å². The van der Waals surface area contributed by atoms with E-state index in [0.29, 0.717) is 38.9 Å². The monoisotopic (exact) mass is 376 g/mol. The molecule has 6 nitrogen and oxygen atoms in total. The van der Waals surface area contributed by atoms with Crippen molar-refractivity contribution in [3.8, 4) is 0 Å². The Kier molecular flexibility index (Phi) is 4.74. The molecule has 0 aliphatic carbocycles. The number of nitrogens with zero attached hydrogens (tertiary/aromatic N) is 3. The van der Waals surface area contributed by atoms with Gasteiger partial charge in [0.05, 0.1) is 23.3 Å². The number of carbonyl (C=O) groups is 2. The third kappa shape index (κ3) is 3.49. The molecule has 0 aromatic carbocycles. The van der Waals surface area contributed by atoms with Crippen LogP contribution in [0.3, 0.4) is 0 Å². The normalized spacial score (nSPS) is 19.8. The van der Waals surface area contributed by atoms with Crippen molar-refractivity contribution in [1.29, 1.82) is 0 Å². The average Bonchev–Trinajstić information content (AvgIpc) is 3.02. The lowest BCUT2D eigenvalue weighted by molar-refractivity contribution is -0.141. The predicted molar refractivity (Wildman–Crippen MR) is 85.7 cm³/mol. The van der Waals surface area contributed by atoms with Crippen LogP contribution in [0.4, 0.5) is 13.2 Å². The number of likely N-dealkylation sites (tertiary alicyclic amines) is 1. The number of hydrogen-bond donors (Lipinski definition) is 1. The maximum Gasteiger partial charge on any atom is 0.442 e. The molecule has 0 unspecified atom stereocenters. The lowest BCUT2D eigenvalue weighted by Gasteiger charge is -2.50. The van der Waals surface area contributed by atoms with Gasteiger partial charge < -0.3 is 14.8 Å². The minimum Gasteiger partial charge on any atom is -0.348 e. The van der Waals surface area contributed by atoms with E-state index in [4.69, 9.17) is 0 Å². The Balaban J connectivity index is 1.73. The molecule has 10 heteroatoms. The molecule has 1 fully saturated rings. The zero-order valence-corrected chi connectivity index (χ0v) is 14.5. The number of halogens is 3. The van der Waals surface area contributed by atoms with Gasteiger partial charge in [-0.05, 0) is 24.6 Å². The molecule has 2 aliphatic heterocycles. The van der Waals surface area contributed by atoms with Gasteiger partial charge in [-0.2, -0.15) is 13.2 Å². The highest BCUT2D eigenvalue weighted by Crippen LogP contribution is 2.42. The molecule has 1 N–H and O–H groups in total. The van der Waals surface area contributed by atoms with E-state index in [0.717, 1.165) is 11.4 Å². The van der Waals surface area contributed by atoms with Gasteiger partial charge in [-0.3, -0.25) is 9.59 Å². The molecule has 2 aliphatic rings. The van der Waals surface area contributed by atoms with Crippen molar-refractivity contribution in [2.24, 2.45) is 0 Å². The molecule has 1 spiro atoms. The molecule has 1 aromatic rings. The molecule has 138 valence electrons. The van der Waals surface area contributed by atoms with Crippen LogP contribution in [0.5, 0.6) is 0 Å². The quantitative estimate of drug-likeness (QED) is 0.856. The van der Waals surface area contributed by atoms with Gasteiger partial charge in [-0.25, -0.2) is 4.98 Å². The molecule has 3 rings (SSSR count). The number of aromatic amines is 1.